The van der Waals surface area contributed by atoms with Crippen molar-refractivity contribution in [2.24, 2.45) is 0 Å². The molecule has 4 heteroatoms. The molecule has 1 rings (SSSR count). The van der Waals surface area contributed by atoms with E-state index in [4.69, 9.17) is 22.6 Å². The minimum Gasteiger partial charge on any atom is -0.383 e. The summed E-state index contributed by atoms with van der Waals surface area (Å²) < 4.78 is 0. The molecule has 0 aliphatic carbocycles. The van der Waals surface area contributed by atoms with Crippen molar-refractivity contribution in [3.05, 3.63) is 22.3 Å². The maximum absolute atomic E-state index is 8.80. The first kappa shape index (κ1) is 9.82. The Morgan fingerprint density at radius 2 is 2.38 bits per heavy atom. The fraction of sp³-hybridized carbons (Fsp3) is 0.333. The molecule has 1 aromatic rings. The van der Waals surface area contributed by atoms with Gasteiger partial charge in [0, 0.05) is 0 Å². The van der Waals surface area contributed by atoms with Gasteiger partial charge in [0.15, 0.2) is 0 Å². The number of aromatic nitrogens is 1. The highest BCUT2D eigenvalue weighted by Gasteiger charge is 2.07. The minimum atomic E-state index is 0.221. The number of anilines is 1. The van der Waals surface area contributed by atoms with Crippen LogP contribution in [0, 0.1) is 11.3 Å². The van der Waals surface area contributed by atoms with Crippen molar-refractivity contribution >= 4 is 17.4 Å². The molecule has 2 N–H and O–H groups in total. The Morgan fingerprint density at radius 3 is 2.92 bits per heavy atom. The van der Waals surface area contributed by atoms with Gasteiger partial charge < -0.3 is 5.73 Å². The van der Waals surface area contributed by atoms with E-state index in [2.05, 4.69) is 4.98 Å². The van der Waals surface area contributed by atoms with Crippen molar-refractivity contribution in [1.82, 2.24) is 4.98 Å². The predicted molar refractivity (Wildman–Crippen MR) is 52.4 cm³/mol. The number of hydrogen-bond donors (Lipinski definition) is 1. The predicted octanol–water partition coefficient (Wildman–Crippen LogP) is 2.14. The van der Waals surface area contributed by atoms with Crippen LogP contribution in [0.1, 0.15) is 24.5 Å². The third kappa shape index (κ3) is 2.10. The number of hydrogen-bond acceptors (Lipinski definition) is 3. The second-order valence-corrected chi connectivity index (χ2v) is 3.11. The second kappa shape index (κ2) is 4.11. The van der Waals surface area contributed by atoms with Crippen molar-refractivity contribution in [1.29, 1.82) is 5.26 Å². The second-order valence-electron chi connectivity index (χ2n) is 2.73. The van der Waals surface area contributed by atoms with Crippen LogP contribution < -0.4 is 5.73 Å². The van der Waals surface area contributed by atoms with E-state index < -0.39 is 0 Å². The Bertz CT molecular complexity index is 355. The molecule has 0 spiro atoms. The molecule has 0 fully saturated rings. The van der Waals surface area contributed by atoms with Gasteiger partial charge in [-0.2, -0.15) is 5.26 Å². The molecule has 0 aromatic carbocycles. The van der Waals surface area contributed by atoms with Crippen molar-refractivity contribution < 1.29 is 0 Å². The summed E-state index contributed by atoms with van der Waals surface area (Å²) in [4.78, 5) is 3.81. The maximum atomic E-state index is 8.80. The molecule has 0 aliphatic heterocycles. The molecule has 0 amide bonds. The van der Waals surface area contributed by atoms with Crippen LogP contribution in [0.2, 0.25) is 5.15 Å². The number of nitrogens with zero attached hydrogens (tertiary/aromatic N) is 2. The van der Waals surface area contributed by atoms with Crippen LogP contribution >= 0.6 is 11.6 Å². The molecular weight excluding hydrogens is 186 g/mol. The van der Waals surface area contributed by atoms with Crippen molar-refractivity contribution in [2.75, 3.05) is 5.73 Å². The van der Waals surface area contributed by atoms with Gasteiger partial charge in [0.1, 0.15) is 17.0 Å². The maximum Gasteiger partial charge on any atom is 0.143 e. The van der Waals surface area contributed by atoms with Gasteiger partial charge in [-0.15, -0.1) is 0 Å². The molecule has 68 valence electrons. The highest BCUT2D eigenvalue weighted by atomic mass is 35.5. The zero-order valence-electron chi connectivity index (χ0n) is 7.34. The van der Waals surface area contributed by atoms with Gasteiger partial charge in [0.2, 0.25) is 0 Å². The van der Waals surface area contributed by atoms with Gasteiger partial charge in [-0.25, -0.2) is 4.98 Å². The van der Waals surface area contributed by atoms with E-state index in [1.165, 1.54) is 0 Å². The molecule has 0 saturated heterocycles. The van der Waals surface area contributed by atoms with Crippen molar-refractivity contribution in [3.8, 4) is 6.07 Å². The standard InChI is InChI=1S/C9H10ClN3/c1-2-3-6-4-8(10)13-9(12)7(6)5-11/h4H,2-3H2,1H3,(H2,12,13). The fourth-order valence-corrected chi connectivity index (χ4v) is 1.40. The van der Waals surface area contributed by atoms with E-state index in [1.807, 2.05) is 13.0 Å². The van der Waals surface area contributed by atoms with E-state index >= 15 is 0 Å². The van der Waals surface area contributed by atoms with Crippen molar-refractivity contribution in [3.63, 3.8) is 0 Å². The first-order chi connectivity index (χ1) is 6.19. The van der Waals surface area contributed by atoms with Gasteiger partial charge in [0.05, 0.1) is 5.56 Å². The molecule has 0 bridgehead atoms. The molecule has 0 aliphatic rings. The topological polar surface area (TPSA) is 62.7 Å². The average molecular weight is 196 g/mol. The van der Waals surface area contributed by atoms with Gasteiger partial charge in [-0.05, 0) is 18.1 Å². The molecule has 3 nitrogen and oxygen atoms in total. The van der Waals surface area contributed by atoms with E-state index in [0.717, 1.165) is 18.4 Å². The van der Waals surface area contributed by atoms with Crippen LogP contribution in [0.25, 0.3) is 0 Å². The molecule has 1 heterocycles. The number of nitrogens with two attached hydrogens (primary N) is 1. The Labute approximate surface area is 82.1 Å². The van der Waals surface area contributed by atoms with Crippen LogP contribution in [0.3, 0.4) is 0 Å². The van der Waals surface area contributed by atoms with Crippen LogP contribution in [0.4, 0.5) is 5.82 Å². The van der Waals surface area contributed by atoms with E-state index in [-0.39, 0.29) is 5.82 Å². The summed E-state index contributed by atoms with van der Waals surface area (Å²) in [5, 5.41) is 9.15. The summed E-state index contributed by atoms with van der Waals surface area (Å²) in [6.07, 6.45) is 1.75. The molecule has 0 saturated carbocycles. The van der Waals surface area contributed by atoms with Crippen LogP contribution in [0.15, 0.2) is 6.07 Å². The molecule has 13 heavy (non-hydrogen) atoms. The van der Waals surface area contributed by atoms with Crippen LogP contribution in [-0.2, 0) is 6.42 Å². The summed E-state index contributed by atoms with van der Waals surface area (Å²) in [7, 11) is 0. The summed E-state index contributed by atoms with van der Waals surface area (Å²) >= 11 is 5.71. The molecule has 0 unspecified atom stereocenters. The molecule has 0 atom stereocenters. The van der Waals surface area contributed by atoms with Crippen LogP contribution in [0.5, 0.6) is 0 Å². The monoisotopic (exact) mass is 195 g/mol. The lowest BCUT2D eigenvalue weighted by atomic mass is 10.1. The smallest absolute Gasteiger partial charge is 0.143 e. The van der Waals surface area contributed by atoms with Crippen molar-refractivity contribution in [2.45, 2.75) is 19.8 Å². The number of nitriles is 1. The fourth-order valence-electron chi connectivity index (χ4n) is 1.18. The number of rotatable bonds is 2. The first-order valence-electron chi connectivity index (χ1n) is 4.04. The third-order valence-electron chi connectivity index (χ3n) is 1.73. The largest absolute Gasteiger partial charge is 0.383 e. The number of pyridine rings is 1. The number of halogens is 1. The van der Waals surface area contributed by atoms with E-state index in [9.17, 15) is 0 Å². The third-order valence-corrected chi connectivity index (χ3v) is 1.92. The van der Waals surface area contributed by atoms with Gasteiger partial charge >= 0.3 is 0 Å². The van der Waals surface area contributed by atoms with E-state index in [1.54, 1.807) is 6.07 Å². The van der Waals surface area contributed by atoms with Gasteiger partial charge in [-0.1, -0.05) is 24.9 Å². The highest BCUT2D eigenvalue weighted by molar-refractivity contribution is 6.29. The van der Waals surface area contributed by atoms with Crippen LogP contribution in [-0.4, -0.2) is 4.98 Å². The Morgan fingerprint density at radius 1 is 1.69 bits per heavy atom. The quantitative estimate of drug-likeness (QED) is 0.736. The lowest BCUT2D eigenvalue weighted by Gasteiger charge is -2.04. The number of nitrogen functional groups attached to an aromatic ring is 1. The van der Waals surface area contributed by atoms with Gasteiger partial charge in [-0.3, -0.25) is 0 Å². The van der Waals surface area contributed by atoms with Gasteiger partial charge in [0.25, 0.3) is 0 Å². The Kier molecular flexibility index (Phi) is 3.10. The Hall–Kier alpha value is -1.27. The molecule has 0 radical (unpaired) electrons. The average Bonchev–Trinajstić information content (AvgIpc) is 2.04. The normalized spacial score (nSPS) is 9.62. The first-order valence-corrected chi connectivity index (χ1v) is 4.41. The number of aryl methyl sites for hydroxylation is 1. The summed E-state index contributed by atoms with van der Waals surface area (Å²) in [5.74, 6) is 0.221. The SMILES string of the molecule is CCCc1cc(Cl)nc(N)c1C#N. The lowest BCUT2D eigenvalue weighted by molar-refractivity contribution is 0.915. The Balaban J connectivity index is 3.23. The minimum absolute atomic E-state index is 0.221. The van der Waals surface area contributed by atoms with E-state index in [0.29, 0.717) is 10.7 Å². The highest BCUT2D eigenvalue weighted by Crippen LogP contribution is 2.19. The lowest BCUT2D eigenvalue weighted by Crippen LogP contribution is -2.00. The summed E-state index contributed by atoms with van der Waals surface area (Å²) in [5.41, 5.74) is 6.87. The zero-order valence-corrected chi connectivity index (χ0v) is 8.10. The zero-order chi connectivity index (χ0) is 9.84. The molecular formula is C9H10ClN3. The summed E-state index contributed by atoms with van der Waals surface area (Å²) in [6.45, 7) is 2.03. The molecule has 1 aromatic heterocycles. The summed E-state index contributed by atoms with van der Waals surface area (Å²) in [6, 6.07) is 3.72.